The van der Waals surface area contributed by atoms with Gasteiger partial charge in [-0.1, -0.05) is 13.8 Å². The minimum Gasteiger partial charge on any atom is -0.339 e. The predicted molar refractivity (Wildman–Crippen MR) is 113 cm³/mol. The third kappa shape index (κ3) is 3.82. The Morgan fingerprint density at radius 2 is 2.07 bits per heavy atom. The summed E-state index contributed by atoms with van der Waals surface area (Å²) in [4.78, 5) is 50.9. The number of aryl methyl sites for hydroxylation is 3. The van der Waals surface area contributed by atoms with Crippen molar-refractivity contribution < 1.29 is 9.59 Å². The third-order valence-corrected chi connectivity index (χ3v) is 7.04. The molecule has 1 atom stereocenters. The number of hydrogen-bond donors (Lipinski definition) is 1. The number of thiophene rings is 1. The molecule has 1 unspecified atom stereocenters. The second-order valence-corrected chi connectivity index (χ2v) is 9.57. The molecule has 8 heteroatoms. The second kappa shape index (κ2) is 7.89. The Hall–Kier alpha value is -2.22. The van der Waals surface area contributed by atoms with E-state index in [9.17, 15) is 14.4 Å². The number of nitrogens with zero attached hydrogens (tertiary/aromatic N) is 3. The van der Waals surface area contributed by atoms with Crippen molar-refractivity contribution in [2.45, 2.75) is 58.9 Å². The number of rotatable bonds is 5. The summed E-state index contributed by atoms with van der Waals surface area (Å²) in [6, 6.07) is -0.440. The second-order valence-electron chi connectivity index (χ2n) is 8.49. The summed E-state index contributed by atoms with van der Waals surface area (Å²) in [5.41, 5.74) is 1.07. The van der Waals surface area contributed by atoms with Crippen LogP contribution in [0.2, 0.25) is 0 Å². The standard InChI is InChI=1S/C21H28N4O3S/c1-12(2)11-24-9-10-25(13(3)21(24)28)17(26)8-7-16-22-19(27)18-14-5-4-6-15(14)29-20(18)23-16/h12-13H,4-11H2,1-3H3,(H,22,23,27). The van der Waals surface area contributed by atoms with E-state index in [1.807, 2.05) is 4.90 Å². The van der Waals surface area contributed by atoms with Gasteiger partial charge >= 0.3 is 0 Å². The average molecular weight is 417 g/mol. The van der Waals surface area contributed by atoms with Crippen molar-refractivity contribution in [1.82, 2.24) is 19.8 Å². The lowest BCUT2D eigenvalue weighted by Gasteiger charge is -2.39. The number of H-pyrrole nitrogens is 1. The molecule has 0 bridgehead atoms. The summed E-state index contributed by atoms with van der Waals surface area (Å²) in [6.45, 7) is 7.83. The molecule has 7 nitrogen and oxygen atoms in total. The van der Waals surface area contributed by atoms with Crippen LogP contribution < -0.4 is 5.56 Å². The molecule has 2 amide bonds. The van der Waals surface area contributed by atoms with Gasteiger partial charge in [-0.25, -0.2) is 4.98 Å². The molecule has 0 radical (unpaired) electrons. The normalized spacial score (nSPS) is 19.4. The zero-order valence-electron chi connectivity index (χ0n) is 17.3. The van der Waals surface area contributed by atoms with Gasteiger partial charge < -0.3 is 14.8 Å². The molecule has 1 aliphatic carbocycles. The lowest BCUT2D eigenvalue weighted by molar-refractivity contribution is -0.151. The van der Waals surface area contributed by atoms with Gasteiger partial charge in [0.15, 0.2) is 0 Å². The van der Waals surface area contributed by atoms with Crippen LogP contribution in [0.3, 0.4) is 0 Å². The first-order valence-corrected chi connectivity index (χ1v) is 11.3. The van der Waals surface area contributed by atoms with Gasteiger partial charge in [0.2, 0.25) is 11.8 Å². The summed E-state index contributed by atoms with van der Waals surface area (Å²) in [5, 5.41) is 0.734. The van der Waals surface area contributed by atoms with E-state index in [0.29, 0.717) is 31.3 Å². The molecule has 156 valence electrons. The van der Waals surface area contributed by atoms with Crippen molar-refractivity contribution >= 4 is 33.4 Å². The van der Waals surface area contributed by atoms with Gasteiger partial charge in [0.1, 0.15) is 16.7 Å². The van der Waals surface area contributed by atoms with Crippen LogP contribution in [-0.2, 0) is 28.9 Å². The number of piperazine rings is 1. The highest BCUT2D eigenvalue weighted by molar-refractivity contribution is 7.18. The molecule has 1 saturated heterocycles. The Balaban J connectivity index is 1.42. The third-order valence-electron chi connectivity index (χ3n) is 5.85. The topological polar surface area (TPSA) is 86.4 Å². The van der Waals surface area contributed by atoms with Gasteiger partial charge in [-0.05, 0) is 37.7 Å². The first-order valence-electron chi connectivity index (χ1n) is 10.5. The first kappa shape index (κ1) is 20.1. The van der Waals surface area contributed by atoms with Crippen LogP contribution in [0.4, 0.5) is 0 Å². The van der Waals surface area contributed by atoms with Crippen LogP contribution in [0, 0.1) is 5.92 Å². The quantitative estimate of drug-likeness (QED) is 0.809. The van der Waals surface area contributed by atoms with Crippen LogP contribution in [-0.4, -0.2) is 57.3 Å². The molecule has 2 aliphatic rings. The highest BCUT2D eigenvalue weighted by Gasteiger charge is 2.34. The Morgan fingerprint density at radius 3 is 2.83 bits per heavy atom. The Kier molecular flexibility index (Phi) is 5.46. The lowest BCUT2D eigenvalue weighted by atomic mass is 10.1. The van der Waals surface area contributed by atoms with Crippen molar-refractivity contribution in [2.24, 2.45) is 5.92 Å². The molecule has 3 heterocycles. The molecular formula is C21H28N4O3S. The van der Waals surface area contributed by atoms with Gasteiger partial charge in [0, 0.05) is 37.4 Å². The smallest absolute Gasteiger partial charge is 0.259 e. The fourth-order valence-electron chi connectivity index (χ4n) is 4.43. The number of hydrogen-bond acceptors (Lipinski definition) is 5. The van der Waals surface area contributed by atoms with E-state index in [-0.39, 0.29) is 23.8 Å². The molecule has 0 saturated carbocycles. The van der Waals surface area contributed by atoms with Crippen LogP contribution in [0.1, 0.15) is 49.9 Å². The average Bonchev–Trinajstić information content (AvgIpc) is 3.24. The highest BCUT2D eigenvalue weighted by Crippen LogP contribution is 2.34. The number of nitrogens with one attached hydrogen (secondary N) is 1. The van der Waals surface area contributed by atoms with E-state index in [1.54, 1.807) is 23.2 Å². The summed E-state index contributed by atoms with van der Waals surface area (Å²) < 4.78 is 0. The van der Waals surface area contributed by atoms with E-state index in [4.69, 9.17) is 0 Å². The Morgan fingerprint density at radius 1 is 1.28 bits per heavy atom. The molecule has 1 fully saturated rings. The highest BCUT2D eigenvalue weighted by atomic mass is 32.1. The zero-order chi connectivity index (χ0) is 20.7. The number of aromatic amines is 1. The van der Waals surface area contributed by atoms with Crippen LogP contribution in [0.15, 0.2) is 4.79 Å². The van der Waals surface area contributed by atoms with E-state index < -0.39 is 6.04 Å². The fraction of sp³-hybridized carbons (Fsp3) is 0.619. The molecule has 1 N–H and O–H groups in total. The lowest BCUT2D eigenvalue weighted by Crippen LogP contribution is -2.58. The van der Waals surface area contributed by atoms with Crippen LogP contribution >= 0.6 is 11.3 Å². The van der Waals surface area contributed by atoms with Gasteiger partial charge in [-0.2, -0.15) is 0 Å². The Labute approximate surface area is 174 Å². The first-order chi connectivity index (χ1) is 13.8. The fourth-order valence-corrected chi connectivity index (χ4v) is 5.71. The molecule has 1 aliphatic heterocycles. The monoisotopic (exact) mass is 416 g/mol. The molecular weight excluding hydrogens is 388 g/mol. The van der Waals surface area contributed by atoms with Gasteiger partial charge in [0.25, 0.3) is 5.56 Å². The molecule has 2 aromatic rings. The number of carbonyl (C=O) groups is 2. The summed E-state index contributed by atoms with van der Waals surface area (Å²) in [5.74, 6) is 0.906. The van der Waals surface area contributed by atoms with E-state index in [0.717, 1.165) is 41.6 Å². The van der Waals surface area contributed by atoms with Gasteiger partial charge in [0.05, 0.1) is 5.39 Å². The molecule has 2 aromatic heterocycles. The van der Waals surface area contributed by atoms with Gasteiger partial charge in [-0.15, -0.1) is 11.3 Å². The van der Waals surface area contributed by atoms with Gasteiger partial charge in [-0.3, -0.25) is 14.4 Å². The molecule has 0 spiro atoms. The number of amides is 2. The van der Waals surface area contributed by atoms with Crippen molar-refractivity contribution in [3.8, 4) is 0 Å². The predicted octanol–water partition coefficient (Wildman–Crippen LogP) is 2.12. The SMILES string of the molecule is CC(C)CN1CCN(C(=O)CCc2nc3sc4c(c3c(=O)[nH]2)CCC4)C(C)C1=O. The number of fused-ring (bicyclic) bond motifs is 3. The summed E-state index contributed by atoms with van der Waals surface area (Å²) >= 11 is 1.61. The van der Waals surface area contributed by atoms with E-state index in [2.05, 4.69) is 23.8 Å². The van der Waals surface area contributed by atoms with Crippen LogP contribution in [0.5, 0.6) is 0 Å². The number of carbonyl (C=O) groups excluding carboxylic acids is 2. The zero-order valence-corrected chi connectivity index (χ0v) is 18.1. The van der Waals surface area contributed by atoms with Crippen molar-refractivity contribution in [2.75, 3.05) is 19.6 Å². The maximum absolute atomic E-state index is 12.8. The van der Waals surface area contributed by atoms with Crippen molar-refractivity contribution in [3.05, 3.63) is 26.6 Å². The molecule has 29 heavy (non-hydrogen) atoms. The maximum Gasteiger partial charge on any atom is 0.259 e. The van der Waals surface area contributed by atoms with Crippen LogP contribution in [0.25, 0.3) is 10.2 Å². The summed E-state index contributed by atoms with van der Waals surface area (Å²) in [6.07, 6.45) is 3.69. The maximum atomic E-state index is 12.8. The molecule has 4 rings (SSSR count). The van der Waals surface area contributed by atoms with E-state index >= 15 is 0 Å². The summed E-state index contributed by atoms with van der Waals surface area (Å²) in [7, 11) is 0. The minimum atomic E-state index is -0.440. The van der Waals surface area contributed by atoms with Crippen molar-refractivity contribution in [3.63, 3.8) is 0 Å². The number of aromatic nitrogens is 2. The minimum absolute atomic E-state index is 0.0133. The van der Waals surface area contributed by atoms with E-state index in [1.165, 1.54) is 4.88 Å². The van der Waals surface area contributed by atoms with Crippen molar-refractivity contribution in [1.29, 1.82) is 0 Å². The Bertz CT molecular complexity index is 1010. The molecule has 0 aromatic carbocycles. The largest absolute Gasteiger partial charge is 0.339 e.